The number of aryl methyl sites for hydroxylation is 1. The van der Waals surface area contributed by atoms with Gasteiger partial charge >= 0.3 is 0 Å². The van der Waals surface area contributed by atoms with Crippen molar-refractivity contribution >= 4 is 11.6 Å². The third kappa shape index (κ3) is 3.14. The lowest BCUT2D eigenvalue weighted by molar-refractivity contribution is 0.0938. The van der Waals surface area contributed by atoms with Crippen molar-refractivity contribution in [2.45, 2.75) is 26.8 Å². The summed E-state index contributed by atoms with van der Waals surface area (Å²) < 4.78 is 0. The zero-order chi connectivity index (χ0) is 14.5. The first kappa shape index (κ1) is 14.0. The number of benzene rings is 1. The summed E-state index contributed by atoms with van der Waals surface area (Å²) >= 11 is 0. The summed E-state index contributed by atoms with van der Waals surface area (Å²) in [6, 6.07) is 5.40. The lowest BCUT2D eigenvalue weighted by Gasteiger charge is -2.13. The number of nitrogens with one attached hydrogen (secondary N) is 3. The van der Waals surface area contributed by atoms with Gasteiger partial charge in [0.1, 0.15) is 12.2 Å². The Morgan fingerprint density at radius 3 is 2.85 bits per heavy atom. The molecule has 1 aromatic heterocycles. The largest absolute Gasteiger partial charge is 0.385 e. The average Bonchev–Trinajstić information content (AvgIpc) is 2.95. The fourth-order valence-electron chi connectivity index (χ4n) is 1.97. The van der Waals surface area contributed by atoms with Crippen LogP contribution in [0.25, 0.3) is 0 Å². The van der Waals surface area contributed by atoms with Crippen LogP contribution < -0.4 is 10.6 Å². The molecule has 0 aliphatic rings. The summed E-state index contributed by atoms with van der Waals surface area (Å²) in [7, 11) is 0. The molecule has 6 heteroatoms. The van der Waals surface area contributed by atoms with Gasteiger partial charge in [0.2, 0.25) is 0 Å². The first-order chi connectivity index (χ1) is 9.61. The quantitative estimate of drug-likeness (QED) is 0.778. The van der Waals surface area contributed by atoms with Gasteiger partial charge in [-0.2, -0.15) is 5.10 Å². The highest BCUT2D eigenvalue weighted by Crippen LogP contribution is 2.17. The molecule has 1 atom stereocenters. The minimum absolute atomic E-state index is 0.125. The molecule has 1 heterocycles. The molecule has 6 nitrogen and oxygen atoms in total. The van der Waals surface area contributed by atoms with Crippen molar-refractivity contribution < 1.29 is 4.79 Å². The van der Waals surface area contributed by atoms with Gasteiger partial charge in [-0.1, -0.05) is 0 Å². The molecule has 1 unspecified atom stereocenters. The number of hydrogen-bond donors (Lipinski definition) is 3. The van der Waals surface area contributed by atoms with E-state index in [1.54, 1.807) is 0 Å². The van der Waals surface area contributed by atoms with Crippen LogP contribution in [0.4, 0.5) is 5.69 Å². The smallest absolute Gasteiger partial charge is 0.251 e. The molecule has 0 aliphatic heterocycles. The molecule has 2 rings (SSSR count). The van der Waals surface area contributed by atoms with E-state index >= 15 is 0 Å². The number of anilines is 1. The summed E-state index contributed by atoms with van der Waals surface area (Å²) in [6.45, 7) is 6.74. The third-order valence-electron chi connectivity index (χ3n) is 3.05. The van der Waals surface area contributed by atoms with Gasteiger partial charge in [-0.3, -0.25) is 9.89 Å². The van der Waals surface area contributed by atoms with Crippen LogP contribution in [0.1, 0.15) is 41.6 Å². The Labute approximate surface area is 118 Å². The highest BCUT2D eigenvalue weighted by atomic mass is 16.1. The molecular weight excluding hydrogens is 254 g/mol. The van der Waals surface area contributed by atoms with Gasteiger partial charge in [0, 0.05) is 17.8 Å². The van der Waals surface area contributed by atoms with E-state index in [4.69, 9.17) is 0 Å². The number of rotatable bonds is 5. The van der Waals surface area contributed by atoms with Crippen LogP contribution in [-0.4, -0.2) is 27.6 Å². The highest BCUT2D eigenvalue weighted by Gasteiger charge is 2.14. The number of carbonyl (C=O) groups excluding carboxylic acids is 1. The maximum absolute atomic E-state index is 12.2. The van der Waals surface area contributed by atoms with E-state index in [9.17, 15) is 4.79 Å². The van der Waals surface area contributed by atoms with E-state index < -0.39 is 0 Å². The Hall–Kier alpha value is -2.37. The highest BCUT2D eigenvalue weighted by molar-refractivity contribution is 5.95. The van der Waals surface area contributed by atoms with E-state index in [0.717, 1.165) is 17.8 Å². The number of hydrogen-bond acceptors (Lipinski definition) is 4. The predicted molar refractivity (Wildman–Crippen MR) is 77.6 cm³/mol. The van der Waals surface area contributed by atoms with Gasteiger partial charge in [-0.05, 0) is 44.5 Å². The van der Waals surface area contributed by atoms with Gasteiger partial charge in [0.05, 0.1) is 6.04 Å². The van der Waals surface area contributed by atoms with Crippen molar-refractivity contribution in [3.8, 4) is 0 Å². The van der Waals surface area contributed by atoms with Crippen molar-refractivity contribution in [3.63, 3.8) is 0 Å². The van der Waals surface area contributed by atoms with Crippen molar-refractivity contribution in [1.29, 1.82) is 0 Å². The van der Waals surface area contributed by atoms with Crippen LogP contribution >= 0.6 is 0 Å². The van der Waals surface area contributed by atoms with Gasteiger partial charge in [0.25, 0.3) is 5.91 Å². The number of aromatic nitrogens is 3. The average molecular weight is 273 g/mol. The van der Waals surface area contributed by atoms with Crippen molar-refractivity contribution in [1.82, 2.24) is 20.5 Å². The fraction of sp³-hybridized carbons (Fsp3) is 0.357. The molecule has 0 saturated heterocycles. The lowest BCUT2D eigenvalue weighted by Crippen LogP contribution is -2.27. The summed E-state index contributed by atoms with van der Waals surface area (Å²) in [5.41, 5.74) is 2.73. The molecule has 1 aromatic carbocycles. The summed E-state index contributed by atoms with van der Waals surface area (Å²) in [5, 5.41) is 12.7. The van der Waals surface area contributed by atoms with Crippen LogP contribution in [0, 0.1) is 6.92 Å². The predicted octanol–water partition coefficient (Wildman–Crippen LogP) is 2.04. The molecule has 0 bridgehead atoms. The molecular formula is C14H19N5O. The molecule has 20 heavy (non-hydrogen) atoms. The molecule has 0 spiro atoms. The second-order valence-electron chi connectivity index (χ2n) is 4.63. The monoisotopic (exact) mass is 273 g/mol. The third-order valence-corrected chi connectivity index (χ3v) is 3.05. The van der Waals surface area contributed by atoms with Crippen LogP contribution in [0.2, 0.25) is 0 Å². The number of amides is 1. The normalized spacial score (nSPS) is 11.9. The molecule has 0 fully saturated rings. The molecule has 0 aliphatic carbocycles. The lowest BCUT2D eigenvalue weighted by atomic mass is 10.1. The van der Waals surface area contributed by atoms with E-state index in [1.165, 1.54) is 6.33 Å². The molecule has 1 amide bonds. The standard InChI is InChI=1S/C14H19N5O/c1-4-15-12-6-5-11(7-9(12)2)14(20)18-10(3)13-16-8-17-19-13/h5-8,10,15H,4H2,1-3H3,(H,18,20)(H,16,17,19). The number of H-pyrrole nitrogens is 1. The summed E-state index contributed by atoms with van der Waals surface area (Å²) in [6.07, 6.45) is 1.42. The number of carbonyl (C=O) groups is 1. The Balaban J connectivity index is 2.07. The minimum Gasteiger partial charge on any atom is -0.385 e. The first-order valence-electron chi connectivity index (χ1n) is 6.62. The summed E-state index contributed by atoms with van der Waals surface area (Å²) in [4.78, 5) is 16.2. The first-order valence-corrected chi connectivity index (χ1v) is 6.62. The van der Waals surface area contributed by atoms with Gasteiger partial charge in [-0.15, -0.1) is 0 Å². The fourth-order valence-corrected chi connectivity index (χ4v) is 1.97. The Morgan fingerprint density at radius 1 is 1.45 bits per heavy atom. The second kappa shape index (κ2) is 6.18. The van der Waals surface area contributed by atoms with Gasteiger partial charge in [0.15, 0.2) is 0 Å². The zero-order valence-electron chi connectivity index (χ0n) is 11.9. The maximum Gasteiger partial charge on any atom is 0.251 e. The Bertz CT molecular complexity index is 579. The molecule has 2 aromatic rings. The van der Waals surface area contributed by atoms with Gasteiger partial charge < -0.3 is 10.6 Å². The molecule has 0 saturated carbocycles. The molecule has 3 N–H and O–H groups in total. The van der Waals surface area contributed by atoms with Crippen LogP contribution in [0.3, 0.4) is 0 Å². The maximum atomic E-state index is 12.2. The number of nitrogens with zero attached hydrogens (tertiary/aromatic N) is 2. The van der Waals surface area contributed by atoms with E-state index in [0.29, 0.717) is 11.4 Å². The second-order valence-corrected chi connectivity index (χ2v) is 4.63. The summed E-state index contributed by atoms with van der Waals surface area (Å²) in [5.74, 6) is 0.513. The molecule has 106 valence electrons. The van der Waals surface area contributed by atoms with Crippen molar-refractivity contribution in [2.24, 2.45) is 0 Å². The van der Waals surface area contributed by atoms with Crippen molar-refractivity contribution in [3.05, 3.63) is 41.5 Å². The minimum atomic E-state index is -0.209. The van der Waals surface area contributed by atoms with E-state index in [-0.39, 0.29) is 11.9 Å². The topological polar surface area (TPSA) is 82.7 Å². The van der Waals surface area contributed by atoms with Crippen molar-refractivity contribution in [2.75, 3.05) is 11.9 Å². The molecule has 0 radical (unpaired) electrons. The van der Waals surface area contributed by atoms with Crippen LogP contribution in [-0.2, 0) is 0 Å². The van der Waals surface area contributed by atoms with Crippen LogP contribution in [0.5, 0.6) is 0 Å². The Kier molecular flexibility index (Phi) is 4.34. The SMILES string of the molecule is CCNc1ccc(C(=O)NC(C)c2ncn[nH]2)cc1C. The van der Waals surface area contributed by atoms with E-state index in [2.05, 4.69) is 25.8 Å². The Morgan fingerprint density at radius 2 is 2.25 bits per heavy atom. The van der Waals surface area contributed by atoms with E-state index in [1.807, 2.05) is 39.0 Å². The zero-order valence-corrected chi connectivity index (χ0v) is 11.9. The van der Waals surface area contributed by atoms with Gasteiger partial charge in [-0.25, -0.2) is 4.98 Å². The van der Waals surface area contributed by atoms with Crippen LogP contribution in [0.15, 0.2) is 24.5 Å². The number of aromatic amines is 1.